The lowest BCUT2D eigenvalue weighted by atomic mass is 9.93. The summed E-state index contributed by atoms with van der Waals surface area (Å²) in [7, 11) is 0. The molecular formula is C58H41BrN6. The maximum Gasteiger partial charge on any atom is 0.114 e. The van der Waals surface area contributed by atoms with Gasteiger partial charge < -0.3 is 9.80 Å². The first-order valence-corrected chi connectivity index (χ1v) is 23.2. The lowest BCUT2D eigenvalue weighted by Crippen LogP contribution is -2.19. The van der Waals surface area contributed by atoms with Crippen LogP contribution in [0.1, 0.15) is 25.5 Å². The van der Waals surface area contributed by atoms with Gasteiger partial charge in [0, 0.05) is 28.7 Å². The van der Waals surface area contributed by atoms with Crippen molar-refractivity contribution in [2.45, 2.75) is 26.7 Å². The number of hydrogen-bond acceptors (Lipinski definition) is 4. The van der Waals surface area contributed by atoms with E-state index >= 15 is 0 Å². The predicted molar refractivity (Wildman–Crippen MR) is 272 cm³/mol. The summed E-state index contributed by atoms with van der Waals surface area (Å²) in [5.41, 5.74) is 21.5. The molecule has 0 fully saturated rings. The third-order valence-electron chi connectivity index (χ3n) is 13.3. The van der Waals surface area contributed by atoms with Crippen LogP contribution < -0.4 is 9.80 Å². The van der Waals surface area contributed by atoms with Crippen molar-refractivity contribution < 1.29 is 0 Å². The van der Waals surface area contributed by atoms with Crippen LogP contribution in [0.3, 0.4) is 0 Å². The molecule has 2 aliphatic heterocycles. The van der Waals surface area contributed by atoms with E-state index < -0.39 is 0 Å². The Morgan fingerprint density at radius 3 is 1.48 bits per heavy atom. The van der Waals surface area contributed by atoms with Crippen LogP contribution in [0.15, 0.2) is 193 Å². The van der Waals surface area contributed by atoms with Crippen molar-refractivity contribution in [1.82, 2.24) is 19.1 Å². The normalized spacial score (nSPS) is 12.6. The van der Waals surface area contributed by atoms with E-state index in [0.29, 0.717) is 0 Å². The largest absolute Gasteiger partial charge is 0.306 e. The number of halogens is 1. The lowest BCUT2D eigenvalue weighted by Gasteiger charge is -2.33. The van der Waals surface area contributed by atoms with E-state index in [0.717, 1.165) is 62.7 Å². The molecule has 1 aliphatic carbocycles. The zero-order valence-electron chi connectivity index (χ0n) is 35.9. The molecule has 0 saturated carbocycles. The quantitative estimate of drug-likeness (QED) is 0.173. The number of imidazole rings is 2. The van der Waals surface area contributed by atoms with Crippen LogP contribution in [0.25, 0.3) is 77.6 Å². The SMILES string of the molecule is CCc1nc2cccc3c2n1-c1ccc(-c2ccc4c5c(cccc25)-c2ccccc2-4)cc1N3c1ccccc1.CCc1nc2cccc3c2n1-c1ccc(Br)cc1N3c1ccccc1. The molecule has 4 heterocycles. The number of rotatable bonds is 5. The highest BCUT2D eigenvalue weighted by atomic mass is 79.9. The van der Waals surface area contributed by atoms with Crippen LogP contribution >= 0.6 is 15.9 Å². The van der Waals surface area contributed by atoms with Gasteiger partial charge in [0.05, 0.1) is 56.2 Å². The molecule has 7 heteroatoms. The molecule has 2 aromatic heterocycles. The number of anilines is 6. The molecule has 0 radical (unpaired) electrons. The molecule has 65 heavy (non-hydrogen) atoms. The molecule has 0 unspecified atom stereocenters. The molecule has 14 rings (SSSR count). The van der Waals surface area contributed by atoms with Crippen LogP contribution in [-0.4, -0.2) is 19.1 Å². The second-order valence-electron chi connectivity index (χ2n) is 16.8. The van der Waals surface area contributed by atoms with Crippen molar-refractivity contribution in [3.63, 3.8) is 0 Å². The van der Waals surface area contributed by atoms with Gasteiger partial charge in [0.1, 0.15) is 11.6 Å². The Labute approximate surface area is 385 Å². The first-order valence-electron chi connectivity index (χ1n) is 22.4. The maximum absolute atomic E-state index is 5.03. The van der Waals surface area contributed by atoms with E-state index in [9.17, 15) is 0 Å². The third-order valence-corrected chi connectivity index (χ3v) is 13.8. The molecule has 0 atom stereocenters. The van der Waals surface area contributed by atoms with Gasteiger partial charge in [-0.1, -0.05) is 139 Å². The van der Waals surface area contributed by atoms with Gasteiger partial charge in [-0.25, -0.2) is 9.97 Å². The van der Waals surface area contributed by atoms with Gasteiger partial charge in [-0.3, -0.25) is 9.13 Å². The van der Waals surface area contributed by atoms with Crippen LogP contribution in [0, 0.1) is 0 Å². The van der Waals surface area contributed by atoms with E-state index in [1.54, 1.807) is 0 Å². The van der Waals surface area contributed by atoms with Gasteiger partial charge in [-0.15, -0.1) is 0 Å². The van der Waals surface area contributed by atoms with E-state index in [1.165, 1.54) is 77.9 Å². The van der Waals surface area contributed by atoms with Crippen LogP contribution in [0.5, 0.6) is 0 Å². The topological polar surface area (TPSA) is 42.1 Å². The predicted octanol–water partition coefficient (Wildman–Crippen LogP) is 16.0. The zero-order valence-corrected chi connectivity index (χ0v) is 37.5. The number of aromatic nitrogens is 4. The molecule has 6 nitrogen and oxygen atoms in total. The Morgan fingerprint density at radius 2 is 0.892 bits per heavy atom. The highest BCUT2D eigenvalue weighted by Gasteiger charge is 2.31. The molecule has 0 saturated heterocycles. The molecule has 310 valence electrons. The summed E-state index contributed by atoms with van der Waals surface area (Å²) < 4.78 is 5.75. The molecule has 3 aliphatic rings. The van der Waals surface area contributed by atoms with Crippen molar-refractivity contribution in [2.24, 2.45) is 0 Å². The summed E-state index contributed by atoms with van der Waals surface area (Å²) in [5.74, 6) is 2.19. The average molecular weight is 902 g/mol. The Morgan fingerprint density at radius 1 is 0.400 bits per heavy atom. The first kappa shape index (κ1) is 37.8. The molecule has 9 aromatic carbocycles. The fourth-order valence-electron chi connectivity index (χ4n) is 10.6. The molecule has 0 bridgehead atoms. The monoisotopic (exact) mass is 900 g/mol. The summed E-state index contributed by atoms with van der Waals surface area (Å²) in [5, 5.41) is 2.65. The smallest absolute Gasteiger partial charge is 0.114 e. The van der Waals surface area contributed by atoms with Gasteiger partial charge in [-0.2, -0.15) is 0 Å². The number of benzene rings is 9. The zero-order chi connectivity index (χ0) is 43.3. The van der Waals surface area contributed by atoms with Crippen molar-refractivity contribution in [2.75, 3.05) is 9.80 Å². The Hall–Kier alpha value is -7.74. The van der Waals surface area contributed by atoms with E-state index in [-0.39, 0.29) is 0 Å². The molecule has 0 spiro atoms. The van der Waals surface area contributed by atoms with Gasteiger partial charge in [0.15, 0.2) is 0 Å². The number of hydrogen-bond donors (Lipinski definition) is 0. The fourth-order valence-corrected chi connectivity index (χ4v) is 11.0. The molecule has 11 aromatic rings. The number of nitrogens with zero attached hydrogens (tertiary/aromatic N) is 6. The van der Waals surface area contributed by atoms with Crippen LogP contribution in [-0.2, 0) is 12.8 Å². The fraction of sp³-hybridized carbons (Fsp3) is 0.0690. The van der Waals surface area contributed by atoms with E-state index in [1.807, 2.05) is 0 Å². The standard InChI is InChI=1S/C37H25N3.C21H16BrN3/c1-2-35-38-31-16-9-17-33-37(31)40(35)32-21-18-23(22-34(32)39(33)24-10-4-3-5-11-24)25-19-20-30-27-13-7-6-12-26(27)29-15-8-14-28(25)36(29)30;1-2-20-23-16-9-6-10-18-21(16)25(20)17-12-11-14(22)13-19(17)24(18)15-7-4-3-5-8-15/h3-22H,2H2,1H3;3-13H,2H2,1H3. The van der Waals surface area contributed by atoms with Gasteiger partial charge in [-0.05, 0) is 123 Å². The molecular weight excluding hydrogens is 861 g/mol. The highest BCUT2D eigenvalue weighted by Crippen LogP contribution is 2.52. The minimum Gasteiger partial charge on any atom is -0.306 e. The van der Waals surface area contributed by atoms with Gasteiger partial charge in [0.25, 0.3) is 0 Å². The minimum atomic E-state index is 0.871. The van der Waals surface area contributed by atoms with Gasteiger partial charge >= 0.3 is 0 Å². The van der Waals surface area contributed by atoms with Crippen molar-refractivity contribution >= 4 is 82.9 Å². The third kappa shape index (κ3) is 5.58. The van der Waals surface area contributed by atoms with E-state index in [2.05, 4.69) is 237 Å². The van der Waals surface area contributed by atoms with Crippen LogP contribution in [0.4, 0.5) is 34.1 Å². The summed E-state index contributed by atoms with van der Waals surface area (Å²) in [6.45, 7) is 4.35. The second kappa shape index (κ2) is 14.7. The minimum absolute atomic E-state index is 0.871. The number of para-hydroxylation sites is 4. The summed E-state index contributed by atoms with van der Waals surface area (Å²) in [6.07, 6.45) is 1.77. The summed E-state index contributed by atoms with van der Waals surface area (Å²) >= 11 is 3.64. The Balaban J connectivity index is 0.000000145. The highest BCUT2D eigenvalue weighted by molar-refractivity contribution is 9.10. The van der Waals surface area contributed by atoms with Crippen molar-refractivity contribution in [3.8, 4) is 44.8 Å². The summed E-state index contributed by atoms with van der Waals surface area (Å²) in [4.78, 5) is 14.6. The Bertz CT molecular complexity index is 3690. The van der Waals surface area contributed by atoms with Crippen molar-refractivity contribution in [3.05, 3.63) is 204 Å². The average Bonchev–Trinajstić information content (AvgIpc) is 4.04. The first-order chi connectivity index (χ1) is 32.1. The van der Waals surface area contributed by atoms with Crippen LogP contribution in [0.2, 0.25) is 0 Å². The van der Waals surface area contributed by atoms with Gasteiger partial charge in [0.2, 0.25) is 0 Å². The molecule has 0 N–H and O–H groups in total. The number of aryl methyl sites for hydroxylation is 2. The molecule has 0 amide bonds. The lowest BCUT2D eigenvalue weighted by molar-refractivity contribution is 0.900. The van der Waals surface area contributed by atoms with Crippen molar-refractivity contribution in [1.29, 1.82) is 0 Å². The number of fused-ring (bicyclic) bond motifs is 7. The summed E-state index contributed by atoms with van der Waals surface area (Å²) in [6, 6.07) is 67.6. The second-order valence-corrected chi connectivity index (χ2v) is 17.8. The Kier molecular flexibility index (Phi) is 8.52. The van der Waals surface area contributed by atoms with E-state index in [4.69, 9.17) is 9.97 Å². The maximum atomic E-state index is 5.03.